The summed E-state index contributed by atoms with van der Waals surface area (Å²) in [6, 6.07) is 0. The third-order valence-electron chi connectivity index (χ3n) is 3.02. The van der Waals surface area contributed by atoms with Crippen LogP contribution in [0.1, 0.15) is 18.4 Å². The number of carbonyl (C=O) groups is 1. The molecule has 1 fully saturated rings. The van der Waals surface area contributed by atoms with Crippen molar-refractivity contribution in [3.8, 4) is 0 Å². The number of carboxylic acids is 1. The van der Waals surface area contributed by atoms with Gasteiger partial charge in [0, 0.05) is 31.9 Å². The van der Waals surface area contributed by atoms with Crippen LogP contribution in [0, 0.1) is 5.92 Å². The van der Waals surface area contributed by atoms with E-state index in [2.05, 4.69) is 10.00 Å². The number of aliphatic carboxylic acids is 1. The number of hydrogen-bond acceptors (Lipinski definition) is 3. The van der Waals surface area contributed by atoms with E-state index in [9.17, 15) is 4.79 Å². The summed E-state index contributed by atoms with van der Waals surface area (Å²) in [5.41, 5.74) is 1.15. The van der Waals surface area contributed by atoms with E-state index < -0.39 is 5.97 Å². The van der Waals surface area contributed by atoms with E-state index in [4.69, 9.17) is 5.11 Å². The SMILES string of the molecule is Cl.Cn1cc(CN2CCCC(C(=O)O)C2)cn1. The highest BCUT2D eigenvalue weighted by molar-refractivity contribution is 5.85. The van der Waals surface area contributed by atoms with Gasteiger partial charge in [0.05, 0.1) is 12.1 Å². The predicted molar refractivity (Wildman–Crippen MR) is 66.1 cm³/mol. The Morgan fingerprint density at radius 2 is 2.41 bits per heavy atom. The summed E-state index contributed by atoms with van der Waals surface area (Å²) in [5, 5.41) is 13.1. The van der Waals surface area contributed by atoms with Gasteiger partial charge in [-0.25, -0.2) is 0 Å². The predicted octanol–water partition coefficient (Wildman–Crippen LogP) is 1.14. The number of likely N-dealkylation sites (tertiary alicyclic amines) is 1. The van der Waals surface area contributed by atoms with Gasteiger partial charge in [-0.15, -0.1) is 12.4 Å². The molecule has 1 aromatic rings. The van der Waals surface area contributed by atoms with Gasteiger partial charge in [0.2, 0.25) is 0 Å². The molecule has 2 rings (SSSR count). The average molecular weight is 260 g/mol. The molecule has 5 nitrogen and oxygen atoms in total. The molecule has 0 spiro atoms. The molecular weight excluding hydrogens is 242 g/mol. The number of piperidine rings is 1. The molecule has 0 amide bonds. The van der Waals surface area contributed by atoms with Crippen molar-refractivity contribution in [2.24, 2.45) is 13.0 Å². The monoisotopic (exact) mass is 259 g/mol. The maximum absolute atomic E-state index is 10.9. The van der Waals surface area contributed by atoms with Crippen LogP contribution in [-0.2, 0) is 18.4 Å². The van der Waals surface area contributed by atoms with E-state index in [0.717, 1.165) is 31.5 Å². The standard InChI is InChI=1S/C11H17N3O2.ClH/c1-13-6-9(5-12-13)7-14-4-2-3-10(8-14)11(15)16;/h5-6,10H,2-4,7-8H2,1H3,(H,15,16);1H. The van der Waals surface area contributed by atoms with E-state index >= 15 is 0 Å². The van der Waals surface area contributed by atoms with Crippen LogP contribution in [0.3, 0.4) is 0 Å². The van der Waals surface area contributed by atoms with E-state index in [1.807, 2.05) is 19.4 Å². The second-order valence-electron chi connectivity index (χ2n) is 4.43. The zero-order valence-electron chi connectivity index (χ0n) is 9.87. The highest BCUT2D eigenvalue weighted by Gasteiger charge is 2.25. The number of rotatable bonds is 3. The lowest BCUT2D eigenvalue weighted by Crippen LogP contribution is -2.38. The number of aryl methyl sites for hydroxylation is 1. The van der Waals surface area contributed by atoms with Crippen molar-refractivity contribution in [1.82, 2.24) is 14.7 Å². The van der Waals surface area contributed by atoms with Crippen LogP contribution < -0.4 is 0 Å². The van der Waals surface area contributed by atoms with Gasteiger partial charge in [0.15, 0.2) is 0 Å². The Labute approximate surface area is 107 Å². The summed E-state index contributed by atoms with van der Waals surface area (Å²) in [4.78, 5) is 13.1. The first-order chi connectivity index (χ1) is 7.65. The van der Waals surface area contributed by atoms with Gasteiger partial charge in [0.1, 0.15) is 0 Å². The molecule has 0 aliphatic carbocycles. The minimum atomic E-state index is -0.670. The van der Waals surface area contributed by atoms with Gasteiger partial charge >= 0.3 is 5.97 Å². The molecule has 17 heavy (non-hydrogen) atoms. The molecule has 6 heteroatoms. The molecular formula is C11H18ClN3O2. The highest BCUT2D eigenvalue weighted by atomic mass is 35.5. The van der Waals surface area contributed by atoms with Crippen LogP contribution >= 0.6 is 12.4 Å². The van der Waals surface area contributed by atoms with Crippen LogP contribution in [0.25, 0.3) is 0 Å². The molecule has 2 heterocycles. The van der Waals surface area contributed by atoms with Gasteiger partial charge in [-0.3, -0.25) is 14.4 Å². The van der Waals surface area contributed by atoms with Gasteiger partial charge in [-0.2, -0.15) is 5.10 Å². The molecule has 0 bridgehead atoms. The lowest BCUT2D eigenvalue weighted by atomic mass is 9.98. The second kappa shape index (κ2) is 6.02. The number of nitrogens with zero attached hydrogens (tertiary/aromatic N) is 3. The van der Waals surface area contributed by atoms with Crippen molar-refractivity contribution in [3.05, 3.63) is 18.0 Å². The normalized spacial score (nSPS) is 20.9. The van der Waals surface area contributed by atoms with Crippen molar-refractivity contribution >= 4 is 18.4 Å². The Kier molecular flexibility index (Phi) is 4.96. The van der Waals surface area contributed by atoms with Crippen molar-refractivity contribution < 1.29 is 9.90 Å². The van der Waals surface area contributed by atoms with Crippen LogP contribution in [0.2, 0.25) is 0 Å². The highest BCUT2D eigenvalue weighted by Crippen LogP contribution is 2.18. The average Bonchev–Trinajstić information content (AvgIpc) is 2.64. The minimum Gasteiger partial charge on any atom is -0.481 e. The quantitative estimate of drug-likeness (QED) is 0.884. The molecule has 1 saturated heterocycles. The smallest absolute Gasteiger partial charge is 0.307 e. The van der Waals surface area contributed by atoms with Gasteiger partial charge < -0.3 is 5.11 Å². The Morgan fingerprint density at radius 3 is 3.00 bits per heavy atom. The van der Waals surface area contributed by atoms with Gasteiger partial charge in [-0.1, -0.05) is 0 Å². The van der Waals surface area contributed by atoms with Crippen molar-refractivity contribution in [2.75, 3.05) is 13.1 Å². The number of hydrogen-bond donors (Lipinski definition) is 1. The zero-order valence-corrected chi connectivity index (χ0v) is 10.7. The molecule has 0 aromatic carbocycles. The number of halogens is 1. The molecule has 1 N–H and O–H groups in total. The molecule has 1 unspecified atom stereocenters. The van der Waals surface area contributed by atoms with E-state index in [0.29, 0.717) is 6.54 Å². The van der Waals surface area contributed by atoms with Crippen molar-refractivity contribution in [2.45, 2.75) is 19.4 Å². The third-order valence-corrected chi connectivity index (χ3v) is 3.02. The second-order valence-corrected chi connectivity index (χ2v) is 4.43. The first-order valence-corrected chi connectivity index (χ1v) is 5.58. The maximum atomic E-state index is 10.9. The third kappa shape index (κ3) is 3.71. The fourth-order valence-corrected chi connectivity index (χ4v) is 2.21. The molecule has 1 aliphatic rings. The first-order valence-electron chi connectivity index (χ1n) is 5.58. The van der Waals surface area contributed by atoms with Crippen LogP contribution in [0.15, 0.2) is 12.4 Å². The Bertz CT molecular complexity index is 381. The lowest BCUT2D eigenvalue weighted by Gasteiger charge is -2.30. The summed E-state index contributed by atoms with van der Waals surface area (Å²) in [6.07, 6.45) is 5.59. The molecule has 1 aromatic heterocycles. The zero-order chi connectivity index (χ0) is 11.5. The maximum Gasteiger partial charge on any atom is 0.307 e. The Balaban J connectivity index is 0.00000144. The molecule has 96 valence electrons. The van der Waals surface area contributed by atoms with E-state index in [-0.39, 0.29) is 18.3 Å². The van der Waals surface area contributed by atoms with Crippen LogP contribution in [0.4, 0.5) is 0 Å². The summed E-state index contributed by atoms with van der Waals surface area (Å²) >= 11 is 0. The summed E-state index contributed by atoms with van der Waals surface area (Å²) < 4.78 is 1.77. The fourth-order valence-electron chi connectivity index (χ4n) is 2.21. The molecule has 0 saturated carbocycles. The Morgan fingerprint density at radius 1 is 1.65 bits per heavy atom. The minimum absolute atomic E-state index is 0. The number of aromatic nitrogens is 2. The van der Waals surface area contributed by atoms with Crippen molar-refractivity contribution in [3.63, 3.8) is 0 Å². The van der Waals surface area contributed by atoms with E-state index in [1.54, 1.807) is 4.68 Å². The fraction of sp³-hybridized carbons (Fsp3) is 0.636. The summed E-state index contributed by atoms with van der Waals surface area (Å²) in [5.74, 6) is -0.874. The van der Waals surface area contributed by atoms with Crippen LogP contribution in [0.5, 0.6) is 0 Å². The lowest BCUT2D eigenvalue weighted by molar-refractivity contribution is -0.143. The van der Waals surface area contributed by atoms with Crippen molar-refractivity contribution in [1.29, 1.82) is 0 Å². The van der Waals surface area contributed by atoms with Gasteiger partial charge in [-0.05, 0) is 19.4 Å². The van der Waals surface area contributed by atoms with Gasteiger partial charge in [0.25, 0.3) is 0 Å². The summed E-state index contributed by atoms with van der Waals surface area (Å²) in [6.45, 7) is 2.44. The summed E-state index contributed by atoms with van der Waals surface area (Å²) in [7, 11) is 1.89. The molecule has 1 aliphatic heterocycles. The van der Waals surface area contributed by atoms with E-state index in [1.165, 1.54) is 0 Å². The first kappa shape index (κ1) is 14.0. The largest absolute Gasteiger partial charge is 0.481 e. The molecule has 0 radical (unpaired) electrons. The number of carboxylic acid groups (broad SMARTS) is 1. The Hall–Kier alpha value is -1.07. The van der Waals surface area contributed by atoms with Crippen LogP contribution in [-0.4, -0.2) is 38.8 Å². The molecule has 1 atom stereocenters. The topological polar surface area (TPSA) is 58.4 Å².